The SMILES string of the molecule is COc1cc(C(=O)Nc2ccc3nc(-c4ccc(NC(=O)C5CCCCCC5)cc4)[nH]c3c2)cc(OC)c1OC. The van der Waals surface area contributed by atoms with E-state index in [2.05, 4.69) is 15.6 Å². The molecule has 0 unspecified atom stereocenters. The molecule has 5 rings (SSSR count). The summed E-state index contributed by atoms with van der Waals surface area (Å²) in [5.41, 5.74) is 4.21. The van der Waals surface area contributed by atoms with Gasteiger partial charge in [0.1, 0.15) is 5.82 Å². The van der Waals surface area contributed by atoms with Crippen LogP contribution >= 0.6 is 0 Å². The summed E-state index contributed by atoms with van der Waals surface area (Å²) in [6, 6.07) is 16.4. The second-order valence-corrected chi connectivity index (χ2v) is 9.94. The Kier molecular flexibility index (Phi) is 8.19. The van der Waals surface area contributed by atoms with Gasteiger partial charge in [-0.1, -0.05) is 25.7 Å². The van der Waals surface area contributed by atoms with Crippen molar-refractivity contribution in [3.8, 4) is 28.6 Å². The number of fused-ring (bicyclic) bond motifs is 1. The van der Waals surface area contributed by atoms with Crippen LogP contribution in [0.2, 0.25) is 0 Å². The molecule has 1 aromatic heterocycles. The van der Waals surface area contributed by atoms with Gasteiger partial charge in [0.25, 0.3) is 5.91 Å². The van der Waals surface area contributed by atoms with E-state index < -0.39 is 0 Å². The number of hydrogen-bond donors (Lipinski definition) is 3. The molecule has 1 heterocycles. The van der Waals surface area contributed by atoms with E-state index in [0.717, 1.165) is 48.0 Å². The third-order valence-corrected chi connectivity index (χ3v) is 7.32. The van der Waals surface area contributed by atoms with Crippen molar-refractivity contribution in [3.05, 3.63) is 60.2 Å². The van der Waals surface area contributed by atoms with E-state index in [1.165, 1.54) is 34.2 Å². The third-order valence-electron chi connectivity index (χ3n) is 7.32. The Morgan fingerprint density at radius 2 is 1.45 bits per heavy atom. The monoisotopic (exact) mass is 542 g/mol. The summed E-state index contributed by atoms with van der Waals surface area (Å²) >= 11 is 0. The summed E-state index contributed by atoms with van der Waals surface area (Å²) in [5, 5.41) is 5.99. The molecule has 208 valence electrons. The highest BCUT2D eigenvalue weighted by Gasteiger charge is 2.20. The molecule has 3 N–H and O–H groups in total. The van der Waals surface area contributed by atoms with Crippen LogP contribution < -0.4 is 24.8 Å². The van der Waals surface area contributed by atoms with E-state index in [4.69, 9.17) is 19.2 Å². The Labute approximate surface area is 233 Å². The van der Waals surface area contributed by atoms with E-state index in [1.807, 2.05) is 36.4 Å². The summed E-state index contributed by atoms with van der Waals surface area (Å²) in [4.78, 5) is 33.8. The number of rotatable bonds is 8. The highest BCUT2D eigenvalue weighted by molar-refractivity contribution is 6.05. The van der Waals surface area contributed by atoms with Gasteiger partial charge in [-0.25, -0.2) is 4.98 Å². The van der Waals surface area contributed by atoms with E-state index in [9.17, 15) is 9.59 Å². The van der Waals surface area contributed by atoms with Crippen molar-refractivity contribution in [2.24, 2.45) is 5.92 Å². The molecule has 0 aliphatic heterocycles. The van der Waals surface area contributed by atoms with Crippen LogP contribution in [0, 0.1) is 5.92 Å². The first-order chi connectivity index (χ1) is 19.5. The molecule has 9 heteroatoms. The quantitative estimate of drug-likeness (QED) is 0.222. The normalized spacial score (nSPS) is 13.9. The van der Waals surface area contributed by atoms with Crippen LogP contribution in [0.1, 0.15) is 48.9 Å². The maximum Gasteiger partial charge on any atom is 0.255 e. The largest absolute Gasteiger partial charge is 0.493 e. The highest BCUT2D eigenvalue weighted by atomic mass is 16.5. The van der Waals surface area contributed by atoms with E-state index in [1.54, 1.807) is 18.2 Å². The number of hydrogen-bond acceptors (Lipinski definition) is 6. The number of imidazole rings is 1. The molecule has 1 aliphatic carbocycles. The van der Waals surface area contributed by atoms with Crippen molar-refractivity contribution in [3.63, 3.8) is 0 Å². The topological polar surface area (TPSA) is 115 Å². The summed E-state index contributed by atoms with van der Waals surface area (Å²) < 4.78 is 16.1. The first kappa shape index (κ1) is 27.1. The summed E-state index contributed by atoms with van der Waals surface area (Å²) in [5.74, 6) is 1.81. The molecule has 3 aromatic carbocycles. The number of benzene rings is 3. The van der Waals surface area contributed by atoms with Crippen LogP contribution in [0.4, 0.5) is 11.4 Å². The number of H-pyrrole nitrogens is 1. The van der Waals surface area contributed by atoms with Crippen molar-refractivity contribution in [1.29, 1.82) is 0 Å². The molecule has 0 spiro atoms. The number of amides is 2. The van der Waals surface area contributed by atoms with Crippen LogP contribution in [0.3, 0.4) is 0 Å². The molecule has 2 amide bonds. The summed E-state index contributed by atoms with van der Waals surface area (Å²) in [6.45, 7) is 0. The molecule has 40 heavy (non-hydrogen) atoms. The minimum Gasteiger partial charge on any atom is -0.493 e. The smallest absolute Gasteiger partial charge is 0.255 e. The number of nitrogens with one attached hydrogen (secondary N) is 3. The van der Waals surface area contributed by atoms with Gasteiger partial charge in [-0.15, -0.1) is 0 Å². The Morgan fingerprint density at radius 3 is 2.08 bits per heavy atom. The molecule has 1 fully saturated rings. The molecule has 0 atom stereocenters. The Morgan fingerprint density at radius 1 is 0.800 bits per heavy atom. The minimum atomic E-state index is -0.320. The fraction of sp³-hybridized carbons (Fsp3) is 0.323. The molecular formula is C31H34N4O5. The molecule has 4 aromatic rings. The number of nitrogens with zero attached hydrogens (tertiary/aromatic N) is 1. The van der Waals surface area contributed by atoms with Crippen molar-refractivity contribution in [1.82, 2.24) is 9.97 Å². The van der Waals surface area contributed by atoms with E-state index in [0.29, 0.717) is 34.3 Å². The molecule has 0 saturated heterocycles. The maximum absolute atomic E-state index is 13.0. The number of aromatic amines is 1. The van der Waals surface area contributed by atoms with Crippen molar-refractivity contribution >= 4 is 34.2 Å². The zero-order valence-corrected chi connectivity index (χ0v) is 23.0. The first-order valence-corrected chi connectivity index (χ1v) is 13.5. The van der Waals surface area contributed by atoms with Gasteiger partial charge in [0, 0.05) is 28.4 Å². The minimum absolute atomic E-state index is 0.0982. The number of aromatic nitrogens is 2. The summed E-state index contributed by atoms with van der Waals surface area (Å²) in [6.07, 6.45) is 6.62. The van der Waals surface area contributed by atoms with Crippen molar-refractivity contribution in [2.75, 3.05) is 32.0 Å². The number of methoxy groups -OCH3 is 3. The third kappa shape index (κ3) is 5.88. The Balaban J connectivity index is 1.29. The first-order valence-electron chi connectivity index (χ1n) is 13.5. The predicted octanol–water partition coefficient (Wildman–Crippen LogP) is 6.42. The number of carbonyl (C=O) groups excluding carboxylic acids is 2. The van der Waals surface area contributed by atoms with Gasteiger partial charge < -0.3 is 29.8 Å². The Hall–Kier alpha value is -4.53. The van der Waals surface area contributed by atoms with Crippen LogP contribution in [0.15, 0.2) is 54.6 Å². The van der Waals surface area contributed by atoms with Gasteiger partial charge in [-0.3, -0.25) is 9.59 Å². The van der Waals surface area contributed by atoms with Crippen LogP contribution in [0.25, 0.3) is 22.4 Å². The van der Waals surface area contributed by atoms with Crippen molar-refractivity contribution < 1.29 is 23.8 Å². The van der Waals surface area contributed by atoms with Gasteiger partial charge >= 0.3 is 0 Å². The van der Waals surface area contributed by atoms with Gasteiger partial charge in [-0.2, -0.15) is 0 Å². The average molecular weight is 543 g/mol. The molecule has 9 nitrogen and oxygen atoms in total. The molecule has 0 bridgehead atoms. The average Bonchev–Trinajstić information content (AvgIpc) is 3.20. The lowest BCUT2D eigenvalue weighted by molar-refractivity contribution is -0.120. The number of carbonyl (C=O) groups is 2. The van der Waals surface area contributed by atoms with Gasteiger partial charge in [0.2, 0.25) is 11.7 Å². The van der Waals surface area contributed by atoms with Gasteiger partial charge in [0.15, 0.2) is 11.5 Å². The molecule has 0 radical (unpaired) electrons. The lowest BCUT2D eigenvalue weighted by Gasteiger charge is -2.14. The lowest BCUT2D eigenvalue weighted by atomic mass is 9.99. The fourth-order valence-electron chi connectivity index (χ4n) is 5.14. The lowest BCUT2D eigenvalue weighted by Crippen LogP contribution is -2.22. The van der Waals surface area contributed by atoms with E-state index >= 15 is 0 Å². The highest BCUT2D eigenvalue weighted by Crippen LogP contribution is 2.38. The van der Waals surface area contributed by atoms with Gasteiger partial charge in [0.05, 0.1) is 32.4 Å². The maximum atomic E-state index is 13.0. The van der Waals surface area contributed by atoms with Gasteiger partial charge in [-0.05, 0) is 67.4 Å². The second-order valence-electron chi connectivity index (χ2n) is 9.94. The standard InChI is InChI=1S/C31H34N4O5/c1-38-26-16-21(17-27(39-2)28(26)40-3)31(37)33-23-14-15-24-25(18-23)35-29(34-24)19-10-12-22(13-11-19)32-30(36)20-8-6-4-5-7-9-20/h10-18,20H,4-9H2,1-3H3,(H,32,36)(H,33,37)(H,34,35). The van der Waals surface area contributed by atoms with Crippen LogP contribution in [-0.2, 0) is 4.79 Å². The molecular weight excluding hydrogens is 508 g/mol. The Bertz CT molecular complexity index is 1480. The second kappa shape index (κ2) is 12.1. The zero-order valence-electron chi connectivity index (χ0n) is 23.0. The van der Waals surface area contributed by atoms with Crippen LogP contribution in [-0.4, -0.2) is 43.1 Å². The fourth-order valence-corrected chi connectivity index (χ4v) is 5.14. The number of ether oxygens (including phenoxy) is 3. The molecule has 1 saturated carbocycles. The van der Waals surface area contributed by atoms with Crippen LogP contribution in [0.5, 0.6) is 17.2 Å². The zero-order chi connectivity index (χ0) is 28.1. The van der Waals surface area contributed by atoms with Crippen molar-refractivity contribution in [2.45, 2.75) is 38.5 Å². The number of anilines is 2. The predicted molar refractivity (Wildman–Crippen MR) is 155 cm³/mol. The molecule has 1 aliphatic rings. The summed E-state index contributed by atoms with van der Waals surface area (Å²) in [7, 11) is 4.52. The van der Waals surface area contributed by atoms with E-state index in [-0.39, 0.29) is 17.7 Å².